The standard InChI is InChI=1S/C17H24FN3O.2ClH/c18-14-5-1-7-16(10-14)21-9-3-6-15(12-21)20-17(22)13-4-2-8-19-11-13;;/h1,5,7,10,13,15,19H,2-4,6,8-9,11-12H2,(H,20,22);2*1H. The van der Waals surface area contributed by atoms with Crippen LogP contribution < -0.4 is 15.5 Å². The van der Waals surface area contributed by atoms with E-state index in [1.807, 2.05) is 6.07 Å². The molecule has 0 aliphatic carbocycles. The highest BCUT2D eigenvalue weighted by molar-refractivity contribution is 5.85. The zero-order valence-electron chi connectivity index (χ0n) is 13.7. The third-order valence-corrected chi connectivity index (χ3v) is 4.61. The molecule has 2 aliphatic rings. The second-order valence-electron chi connectivity index (χ2n) is 6.32. The van der Waals surface area contributed by atoms with Crippen molar-refractivity contribution in [3.63, 3.8) is 0 Å². The first-order valence-corrected chi connectivity index (χ1v) is 8.24. The van der Waals surface area contributed by atoms with E-state index in [9.17, 15) is 9.18 Å². The number of nitrogens with zero attached hydrogens (tertiary/aromatic N) is 1. The topological polar surface area (TPSA) is 44.4 Å². The molecule has 3 rings (SSSR count). The van der Waals surface area contributed by atoms with E-state index in [-0.39, 0.29) is 48.5 Å². The van der Waals surface area contributed by atoms with Gasteiger partial charge >= 0.3 is 0 Å². The second-order valence-corrected chi connectivity index (χ2v) is 6.32. The number of anilines is 1. The smallest absolute Gasteiger partial charge is 0.224 e. The first kappa shape index (κ1) is 21.0. The predicted octanol–water partition coefficient (Wildman–Crippen LogP) is 2.75. The predicted molar refractivity (Wildman–Crippen MR) is 99.9 cm³/mol. The third kappa shape index (κ3) is 5.50. The van der Waals surface area contributed by atoms with Crippen molar-refractivity contribution < 1.29 is 9.18 Å². The van der Waals surface area contributed by atoms with E-state index >= 15 is 0 Å². The normalized spacial score (nSPS) is 23.6. The molecule has 4 nitrogen and oxygen atoms in total. The van der Waals surface area contributed by atoms with E-state index in [1.165, 1.54) is 6.07 Å². The molecule has 136 valence electrons. The summed E-state index contributed by atoms with van der Waals surface area (Å²) in [5.74, 6) is 0.0496. The van der Waals surface area contributed by atoms with Gasteiger partial charge in [0, 0.05) is 31.4 Å². The van der Waals surface area contributed by atoms with E-state index in [0.717, 1.165) is 57.5 Å². The maximum Gasteiger partial charge on any atom is 0.224 e. The van der Waals surface area contributed by atoms with Gasteiger partial charge in [0.15, 0.2) is 0 Å². The average molecular weight is 378 g/mol. The highest BCUT2D eigenvalue weighted by atomic mass is 35.5. The maximum absolute atomic E-state index is 13.4. The fraction of sp³-hybridized carbons (Fsp3) is 0.588. The number of hydrogen-bond donors (Lipinski definition) is 2. The van der Waals surface area contributed by atoms with Gasteiger partial charge < -0.3 is 15.5 Å². The van der Waals surface area contributed by atoms with Crippen LogP contribution in [0.5, 0.6) is 0 Å². The van der Waals surface area contributed by atoms with E-state index in [0.29, 0.717) is 0 Å². The quantitative estimate of drug-likeness (QED) is 0.850. The van der Waals surface area contributed by atoms with E-state index in [1.54, 1.807) is 12.1 Å². The van der Waals surface area contributed by atoms with Crippen LogP contribution in [-0.2, 0) is 4.79 Å². The molecule has 2 heterocycles. The van der Waals surface area contributed by atoms with Crippen LogP contribution in [0.25, 0.3) is 0 Å². The fourth-order valence-electron chi connectivity index (χ4n) is 3.40. The lowest BCUT2D eigenvalue weighted by atomic mass is 9.97. The number of benzene rings is 1. The molecule has 2 fully saturated rings. The van der Waals surface area contributed by atoms with Gasteiger partial charge in [-0.25, -0.2) is 4.39 Å². The summed E-state index contributed by atoms with van der Waals surface area (Å²) in [4.78, 5) is 14.5. The molecule has 24 heavy (non-hydrogen) atoms. The molecule has 7 heteroatoms. The number of rotatable bonds is 3. The Morgan fingerprint density at radius 2 is 2.08 bits per heavy atom. The summed E-state index contributed by atoms with van der Waals surface area (Å²) in [5, 5.41) is 6.47. The van der Waals surface area contributed by atoms with Crippen LogP contribution in [-0.4, -0.2) is 38.1 Å². The Morgan fingerprint density at radius 3 is 2.79 bits per heavy atom. The number of piperidine rings is 2. The van der Waals surface area contributed by atoms with Crippen molar-refractivity contribution in [2.45, 2.75) is 31.7 Å². The summed E-state index contributed by atoms with van der Waals surface area (Å²) in [6.07, 6.45) is 4.05. The lowest BCUT2D eigenvalue weighted by Crippen LogP contribution is -2.51. The van der Waals surface area contributed by atoms with Crippen LogP contribution in [0.3, 0.4) is 0 Å². The first-order valence-electron chi connectivity index (χ1n) is 8.24. The van der Waals surface area contributed by atoms with Crippen molar-refractivity contribution in [3.8, 4) is 0 Å². The van der Waals surface area contributed by atoms with Crippen LogP contribution in [0.1, 0.15) is 25.7 Å². The third-order valence-electron chi connectivity index (χ3n) is 4.61. The van der Waals surface area contributed by atoms with Crippen LogP contribution in [0.15, 0.2) is 24.3 Å². The average Bonchev–Trinajstić information content (AvgIpc) is 2.56. The molecule has 1 aromatic rings. The Kier molecular flexibility index (Phi) is 8.81. The number of carbonyl (C=O) groups excluding carboxylic acids is 1. The largest absolute Gasteiger partial charge is 0.369 e. The molecule has 0 bridgehead atoms. The Balaban J connectivity index is 0.00000144. The Morgan fingerprint density at radius 1 is 1.25 bits per heavy atom. The number of carbonyl (C=O) groups is 1. The van der Waals surface area contributed by atoms with Crippen LogP contribution in [0, 0.1) is 11.7 Å². The molecular weight excluding hydrogens is 352 g/mol. The van der Waals surface area contributed by atoms with Gasteiger partial charge in [0.2, 0.25) is 5.91 Å². The SMILES string of the molecule is Cl.Cl.O=C(NC1CCCN(c2cccc(F)c2)C1)C1CCCNC1. The van der Waals surface area contributed by atoms with Crippen LogP contribution in [0.2, 0.25) is 0 Å². The highest BCUT2D eigenvalue weighted by Crippen LogP contribution is 2.21. The molecule has 0 radical (unpaired) electrons. The summed E-state index contributed by atoms with van der Waals surface area (Å²) in [6, 6.07) is 6.85. The number of halogens is 3. The van der Waals surface area contributed by atoms with Crippen molar-refractivity contribution in [2.24, 2.45) is 5.92 Å². The summed E-state index contributed by atoms with van der Waals surface area (Å²) in [5.41, 5.74) is 0.901. The van der Waals surface area contributed by atoms with E-state index in [2.05, 4.69) is 15.5 Å². The zero-order chi connectivity index (χ0) is 15.4. The molecule has 0 saturated carbocycles. The molecule has 2 aliphatic heterocycles. The van der Waals surface area contributed by atoms with Crippen molar-refractivity contribution in [1.29, 1.82) is 0 Å². The Bertz CT molecular complexity index is 526. The monoisotopic (exact) mass is 377 g/mol. The van der Waals surface area contributed by atoms with Gasteiger partial charge in [-0.2, -0.15) is 0 Å². The summed E-state index contributed by atoms with van der Waals surface area (Å²) in [6.45, 7) is 3.48. The molecule has 2 unspecified atom stereocenters. The molecule has 2 atom stereocenters. The fourth-order valence-corrected chi connectivity index (χ4v) is 3.40. The van der Waals surface area contributed by atoms with Gasteiger partial charge in [0.1, 0.15) is 5.82 Å². The van der Waals surface area contributed by atoms with Gasteiger partial charge in [-0.1, -0.05) is 6.07 Å². The van der Waals surface area contributed by atoms with Crippen molar-refractivity contribution in [2.75, 3.05) is 31.1 Å². The van der Waals surface area contributed by atoms with Gasteiger partial charge in [-0.3, -0.25) is 4.79 Å². The number of amides is 1. The van der Waals surface area contributed by atoms with Crippen molar-refractivity contribution >= 4 is 36.4 Å². The van der Waals surface area contributed by atoms with Crippen LogP contribution >= 0.6 is 24.8 Å². The minimum absolute atomic E-state index is 0. The van der Waals surface area contributed by atoms with Crippen molar-refractivity contribution in [1.82, 2.24) is 10.6 Å². The minimum atomic E-state index is -0.211. The summed E-state index contributed by atoms with van der Waals surface area (Å²) >= 11 is 0. The van der Waals surface area contributed by atoms with Crippen molar-refractivity contribution in [3.05, 3.63) is 30.1 Å². The zero-order valence-corrected chi connectivity index (χ0v) is 15.3. The number of hydrogen-bond acceptors (Lipinski definition) is 3. The van der Waals surface area contributed by atoms with Gasteiger partial charge in [0.05, 0.1) is 5.92 Å². The lowest BCUT2D eigenvalue weighted by Gasteiger charge is -2.35. The van der Waals surface area contributed by atoms with Gasteiger partial charge in [-0.15, -0.1) is 24.8 Å². The van der Waals surface area contributed by atoms with Gasteiger partial charge in [-0.05, 0) is 50.4 Å². The summed E-state index contributed by atoms with van der Waals surface area (Å²) in [7, 11) is 0. The summed E-state index contributed by atoms with van der Waals surface area (Å²) < 4.78 is 13.4. The minimum Gasteiger partial charge on any atom is -0.369 e. The molecular formula is C17H26Cl2FN3O. The molecule has 1 aromatic carbocycles. The number of nitrogens with one attached hydrogen (secondary N) is 2. The molecule has 2 saturated heterocycles. The molecule has 2 N–H and O–H groups in total. The molecule has 1 amide bonds. The maximum atomic E-state index is 13.4. The highest BCUT2D eigenvalue weighted by Gasteiger charge is 2.26. The molecule has 0 spiro atoms. The van der Waals surface area contributed by atoms with E-state index in [4.69, 9.17) is 0 Å². The second kappa shape index (κ2) is 10.1. The Hall–Kier alpha value is -1.04. The van der Waals surface area contributed by atoms with Gasteiger partial charge in [0.25, 0.3) is 0 Å². The van der Waals surface area contributed by atoms with E-state index < -0.39 is 0 Å². The lowest BCUT2D eigenvalue weighted by molar-refractivity contribution is -0.126. The molecule has 0 aromatic heterocycles. The Labute approximate surface area is 155 Å². The van der Waals surface area contributed by atoms with Crippen LogP contribution in [0.4, 0.5) is 10.1 Å². The first-order chi connectivity index (χ1) is 10.7.